The molecule has 11 heteroatoms. The summed E-state index contributed by atoms with van der Waals surface area (Å²) in [6, 6.07) is 36.9. The lowest BCUT2D eigenvalue weighted by Gasteiger charge is -2.11. The molecule has 0 fully saturated rings. The van der Waals surface area contributed by atoms with Gasteiger partial charge in [-0.1, -0.05) is 87.9 Å². The molecule has 3 N–H and O–H groups in total. The molecule has 0 aliphatic heterocycles. The molecule has 6 rings (SSSR count). The van der Waals surface area contributed by atoms with Gasteiger partial charge in [0.05, 0.1) is 16.3 Å². The number of carbonyl (C=O) groups excluding carboxylic acids is 3. The first-order chi connectivity index (χ1) is 23.8. The van der Waals surface area contributed by atoms with Crippen molar-refractivity contribution in [2.45, 2.75) is 11.8 Å². The van der Waals surface area contributed by atoms with Crippen molar-refractivity contribution in [1.29, 1.82) is 0 Å². The van der Waals surface area contributed by atoms with Gasteiger partial charge in [-0.15, -0.1) is 11.8 Å². The molecule has 6 aromatic rings. The van der Waals surface area contributed by atoms with Crippen LogP contribution in [0.4, 0.5) is 10.8 Å². The molecule has 3 amide bonds. The average molecular weight is 750 g/mol. The number of furan rings is 1. The van der Waals surface area contributed by atoms with Crippen molar-refractivity contribution in [3.05, 3.63) is 149 Å². The van der Waals surface area contributed by atoms with E-state index >= 15 is 0 Å². The molecule has 0 saturated heterocycles. The highest BCUT2D eigenvalue weighted by Crippen LogP contribution is 2.33. The van der Waals surface area contributed by atoms with Gasteiger partial charge in [-0.05, 0) is 73.2 Å². The van der Waals surface area contributed by atoms with Crippen molar-refractivity contribution in [3.63, 3.8) is 0 Å². The van der Waals surface area contributed by atoms with Gasteiger partial charge in [0.25, 0.3) is 11.8 Å². The maximum atomic E-state index is 13.5. The van der Waals surface area contributed by atoms with Crippen molar-refractivity contribution < 1.29 is 18.8 Å². The molecular weight excluding hydrogens is 720 g/mol. The molecule has 2 aromatic heterocycles. The molecule has 49 heavy (non-hydrogen) atoms. The molecule has 2 heterocycles. The molecule has 244 valence electrons. The number of nitrogens with zero attached hydrogens (tertiary/aromatic N) is 1. The van der Waals surface area contributed by atoms with E-state index in [9.17, 15) is 14.4 Å². The summed E-state index contributed by atoms with van der Waals surface area (Å²) in [6.45, 7) is 1.93. The first-order valence-corrected chi connectivity index (χ1v) is 17.7. The predicted octanol–water partition coefficient (Wildman–Crippen LogP) is 9.28. The summed E-state index contributed by atoms with van der Waals surface area (Å²) >= 11 is 6.25. The smallest absolute Gasteiger partial charge is 0.272 e. The third-order valence-electron chi connectivity index (χ3n) is 7.13. The highest BCUT2D eigenvalue weighted by atomic mass is 79.9. The number of hydrogen-bond acceptors (Lipinski definition) is 7. The molecule has 0 aliphatic rings. The van der Waals surface area contributed by atoms with Gasteiger partial charge in [-0.25, -0.2) is 4.98 Å². The maximum Gasteiger partial charge on any atom is 0.272 e. The number of thioether (sulfide) groups is 1. The monoisotopic (exact) mass is 748 g/mol. The third-order valence-corrected chi connectivity index (χ3v) is 9.79. The highest BCUT2D eigenvalue weighted by Gasteiger charge is 2.17. The summed E-state index contributed by atoms with van der Waals surface area (Å²) in [5.41, 5.74) is 3.72. The lowest BCUT2D eigenvalue weighted by atomic mass is 10.2. The highest BCUT2D eigenvalue weighted by molar-refractivity contribution is 9.10. The van der Waals surface area contributed by atoms with E-state index in [1.165, 1.54) is 29.2 Å². The molecule has 0 atom stereocenters. The van der Waals surface area contributed by atoms with Crippen LogP contribution in [0.25, 0.3) is 27.8 Å². The van der Waals surface area contributed by atoms with Crippen LogP contribution in [0.5, 0.6) is 0 Å². The van der Waals surface area contributed by atoms with E-state index in [1.54, 1.807) is 48.5 Å². The fraction of sp³-hybridized carbons (Fsp3) is 0.0526. The topological polar surface area (TPSA) is 113 Å². The number of aryl methyl sites for hydroxylation is 1. The van der Waals surface area contributed by atoms with Gasteiger partial charge in [0.1, 0.15) is 17.2 Å². The van der Waals surface area contributed by atoms with Gasteiger partial charge in [0.15, 0.2) is 5.13 Å². The minimum Gasteiger partial charge on any atom is -0.457 e. The number of rotatable bonds is 11. The van der Waals surface area contributed by atoms with Gasteiger partial charge in [-0.3, -0.25) is 14.4 Å². The Bertz CT molecular complexity index is 2110. The first-order valence-electron chi connectivity index (χ1n) is 15.1. The van der Waals surface area contributed by atoms with Gasteiger partial charge >= 0.3 is 0 Å². The Morgan fingerprint density at radius 1 is 0.816 bits per heavy atom. The predicted molar refractivity (Wildman–Crippen MR) is 200 cm³/mol. The molecule has 0 spiro atoms. The Kier molecular flexibility index (Phi) is 10.8. The Hall–Kier alpha value is -5.23. The van der Waals surface area contributed by atoms with Crippen LogP contribution < -0.4 is 16.0 Å². The fourth-order valence-electron chi connectivity index (χ4n) is 4.73. The van der Waals surface area contributed by atoms with E-state index in [4.69, 9.17) is 4.42 Å². The average Bonchev–Trinajstić information content (AvgIpc) is 3.74. The van der Waals surface area contributed by atoms with Crippen LogP contribution in [0.15, 0.2) is 141 Å². The van der Waals surface area contributed by atoms with Crippen LogP contribution >= 0.6 is 39.0 Å². The van der Waals surface area contributed by atoms with Gasteiger partial charge in [0, 0.05) is 32.3 Å². The molecule has 0 aliphatic carbocycles. The number of hydrogen-bond donors (Lipinski definition) is 3. The zero-order valence-electron chi connectivity index (χ0n) is 26.1. The minimum absolute atomic E-state index is 0.00790. The Morgan fingerprint density at radius 3 is 2.22 bits per heavy atom. The SMILES string of the molecule is Cc1nc(NC(=O)CSc2ccc(NC(=O)C(=Cc3ccc(-c4ccc(Br)cc4)o3)NC(=O)c3ccccc3)cc2)sc1-c1ccccc1. The number of nitrogens with one attached hydrogen (secondary N) is 3. The molecule has 4 aromatic carbocycles. The largest absolute Gasteiger partial charge is 0.457 e. The van der Waals surface area contributed by atoms with Gasteiger partial charge in [-0.2, -0.15) is 0 Å². The van der Waals surface area contributed by atoms with E-state index in [0.29, 0.717) is 27.9 Å². The van der Waals surface area contributed by atoms with E-state index in [-0.39, 0.29) is 17.4 Å². The lowest BCUT2D eigenvalue weighted by molar-refractivity contribution is -0.114. The van der Waals surface area contributed by atoms with Crippen LogP contribution in [0, 0.1) is 6.92 Å². The number of aromatic nitrogens is 1. The van der Waals surface area contributed by atoms with Crippen LogP contribution in [0.2, 0.25) is 0 Å². The molecular formula is C38H29BrN4O4S2. The number of amides is 3. The second kappa shape index (κ2) is 15.8. The summed E-state index contributed by atoms with van der Waals surface area (Å²) < 4.78 is 6.94. The maximum absolute atomic E-state index is 13.5. The molecule has 0 radical (unpaired) electrons. The molecule has 0 bridgehead atoms. The summed E-state index contributed by atoms with van der Waals surface area (Å²) in [7, 11) is 0. The van der Waals surface area contributed by atoms with Crippen molar-refractivity contribution >= 4 is 73.6 Å². The summed E-state index contributed by atoms with van der Waals surface area (Å²) in [6.07, 6.45) is 1.49. The van der Waals surface area contributed by atoms with Crippen LogP contribution in [0.3, 0.4) is 0 Å². The lowest BCUT2D eigenvalue weighted by Crippen LogP contribution is -2.30. The second-order valence-corrected chi connectivity index (χ2v) is 13.7. The number of anilines is 2. The molecule has 8 nitrogen and oxygen atoms in total. The zero-order valence-corrected chi connectivity index (χ0v) is 29.3. The van der Waals surface area contributed by atoms with Gasteiger partial charge in [0.2, 0.25) is 5.91 Å². The fourth-order valence-corrected chi connectivity index (χ4v) is 6.68. The number of carbonyl (C=O) groups is 3. The second-order valence-electron chi connectivity index (χ2n) is 10.7. The number of benzene rings is 4. The summed E-state index contributed by atoms with van der Waals surface area (Å²) in [5, 5.41) is 9.02. The Morgan fingerprint density at radius 2 is 1.51 bits per heavy atom. The van der Waals surface area contributed by atoms with Crippen LogP contribution in [-0.2, 0) is 9.59 Å². The molecule has 0 unspecified atom stereocenters. The Balaban J connectivity index is 1.10. The zero-order chi connectivity index (χ0) is 34.2. The van der Waals surface area contributed by atoms with Crippen molar-refractivity contribution in [3.8, 4) is 21.8 Å². The summed E-state index contributed by atoms with van der Waals surface area (Å²) in [5.74, 6) is 0.0736. The Labute approximate surface area is 299 Å². The summed E-state index contributed by atoms with van der Waals surface area (Å²) in [4.78, 5) is 45.6. The van der Waals surface area contributed by atoms with Crippen LogP contribution in [0.1, 0.15) is 21.8 Å². The minimum atomic E-state index is -0.528. The van der Waals surface area contributed by atoms with Crippen molar-refractivity contribution in [2.75, 3.05) is 16.4 Å². The first kappa shape index (κ1) is 33.7. The number of thiazole rings is 1. The van der Waals surface area contributed by atoms with E-state index < -0.39 is 11.8 Å². The van der Waals surface area contributed by atoms with Crippen molar-refractivity contribution in [1.82, 2.24) is 10.3 Å². The number of halogens is 1. The quantitative estimate of drug-likeness (QED) is 0.0900. The normalized spacial score (nSPS) is 11.2. The van der Waals surface area contributed by atoms with Crippen LogP contribution in [-0.4, -0.2) is 28.5 Å². The van der Waals surface area contributed by atoms with Crippen molar-refractivity contribution in [2.24, 2.45) is 0 Å². The third kappa shape index (κ3) is 9.02. The molecule has 0 saturated carbocycles. The standard InChI is InChI=1S/C38H29BrN4O4S2/c1-24-35(26-8-4-2-5-9-26)49-38(40-24)43-34(44)23-48-31-19-16-29(17-20-31)41-37(46)32(42-36(45)27-10-6-3-7-11-27)22-30-18-21-33(47-30)25-12-14-28(39)15-13-25/h2-22H,23H2,1H3,(H,41,46)(H,42,45)(H,40,43,44). The van der Waals surface area contributed by atoms with E-state index in [2.05, 4.69) is 36.9 Å². The van der Waals surface area contributed by atoms with E-state index in [0.717, 1.165) is 31.1 Å². The van der Waals surface area contributed by atoms with E-state index in [1.807, 2.05) is 79.7 Å². The van der Waals surface area contributed by atoms with Gasteiger partial charge < -0.3 is 20.4 Å².